The Morgan fingerprint density at radius 3 is 2.81 bits per heavy atom. The Labute approximate surface area is 160 Å². The van der Waals surface area contributed by atoms with Crippen molar-refractivity contribution in [2.24, 2.45) is 5.41 Å². The smallest absolute Gasteiger partial charge is 0.254 e. The van der Waals surface area contributed by atoms with E-state index < -0.39 is 0 Å². The molecule has 1 saturated heterocycles. The minimum Gasteiger partial charge on any atom is -0.381 e. The van der Waals surface area contributed by atoms with Crippen molar-refractivity contribution >= 4 is 16.8 Å². The molecule has 3 aliphatic rings. The van der Waals surface area contributed by atoms with Crippen LogP contribution in [0, 0.1) is 5.41 Å². The first kappa shape index (κ1) is 17.2. The lowest BCUT2D eigenvalue weighted by Gasteiger charge is -2.43. The Morgan fingerprint density at radius 2 is 2.00 bits per heavy atom. The number of hydrogen-bond acceptors (Lipinski definition) is 3. The Morgan fingerprint density at radius 1 is 1.19 bits per heavy atom. The van der Waals surface area contributed by atoms with Gasteiger partial charge in [0.15, 0.2) is 0 Å². The normalized spacial score (nSPS) is 28.2. The molecule has 0 radical (unpaired) electrons. The lowest BCUT2D eigenvalue weighted by Crippen LogP contribution is -2.49. The third-order valence-corrected chi connectivity index (χ3v) is 6.97. The summed E-state index contributed by atoms with van der Waals surface area (Å²) in [6, 6.07) is 10.2. The van der Waals surface area contributed by atoms with Gasteiger partial charge in [-0.15, -0.1) is 0 Å². The first-order valence-corrected chi connectivity index (χ1v) is 10.4. The standard InChI is InChI=1S/C23H28N2O2/c1-27-21-8-4-11-23(21)12-5-13-25(15-23)22(26)18-14-20(16-9-10-16)24-19-7-3-2-6-17(18)19/h2-3,6-7,14,16,21H,4-5,8-13,15H2,1H3/t21-,23-/m1/s1. The molecule has 2 saturated carbocycles. The number of pyridine rings is 1. The third kappa shape index (κ3) is 2.94. The highest BCUT2D eigenvalue weighted by Crippen LogP contribution is 2.47. The molecule has 0 bridgehead atoms. The highest BCUT2D eigenvalue weighted by molar-refractivity contribution is 6.06. The minimum absolute atomic E-state index is 0.158. The maximum atomic E-state index is 13.6. The average molecular weight is 364 g/mol. The van der Waals surface area contributed by atoms with Crippen LogP contribution in [0.5, 0.6) is 0 Å². The Hall–Kier alpha value is -1.94. The topological polar surface area (TPSA) is 42.4 Å². The molecule has 4 nitrogen and oxygen atoms in total. The van der Waals surface area contributed by atoms with Crippen molar-refractivity contribution in [3.63, 3.8) is 0 Å². The van der Waals surface area contributed by atoms with Crippen molar-refractivity contribution in [3.05, 3.63) is 41.6 Å². The number of para-hydroxylation sites is 1. The number of nitrogens with zero attached hydrogens (tertiary/aromatic N) is 2. The molecule has 1 spiro atoms. The van der Waals surface area contributed by atoms with Gasteiger partial charge in [0.1, 0.15) is 0 Å². The van der Waals surface area contributed by atoms with Gasteiger partial charge in [-0.25, -0.2) is 0 Å². The van der Waals surface area contributed by atoms with Crippen LogP contribution < -0.4 is 0 Å². The van der Waals surface area contributed by atoms with Crippen LogP contribution in [0.2, 0.25) is 0 Å². The molecule has 1 aromatic carbocycles. The van der Waals surface area contributed by atoms with Gasteiger partial charge in [-0.1, -0.05) is 24.6 Å². The van der Waals surface area contributed by atoms with Crippen LogP contribution in [-0.4, -0.2) is 42.1 Å². The zero-order valence-corrected chi connectivity index (χ0v) is 16.1. The molecule has 2 heterocycles. The molecular formula is C23H28N2O2. The lowest BCUT2D eigenvalue weighted by molar-refractivity contribution is -0.0295. The Balaban J connectivity index is 1.50. The molecule has 2 atom stereocenters. The predicted molar refractivity (Wildman–Crippen MR) is 106 cm³/mol. The quantitative estimate of drug-likeness (QED) is 0.803. The summed E-state index contributed by atoms with van der Waals surface area (Å²) >= 11 is 0. The highest BCUT2D eigenvalue weighted by atomic mass is 16.5. The van der Waals surface area contributed by atoms with Crippen LogP contribution in [-0.2, 0) is 4.74 Å². The monoisotopic (exact) mass is 364 g/mol. The molecule has 3 fully saturated rings. The van der Waals surface area contributed by atoms with Crippen LogP contribution >= 0.6 is 0 Å². The van der Waals surface area contributed by atoms with Gasteiger partial charge in [0.2, 0.25) is 0 Å². The van der Waals surface area contributed by atoms with Crippen molar-refractivity contribution in [2.45, 2.75) is 57.0 Å². The summed E-state index contributed by atoms with van der Waals surface area (Å²) in [5.74, 6) is 0.720. The molecule has 5 rings (SSSR count). The number of carbonyl (C=O) groups excluding carboxylic acids is 1. The van der Waals surface area contributed by atoms with Gasteiger partial charge >= 0.3 is 0 Å². The first-order chi connectivity index (χ1) is 13.2. The van der Waals surface area contributed by atoms with E-state index >= 15 is 0 Å². The van der Waals surface area contributed by atoms with E-state index in [-0.39, 0.29) is 11.3 Å². The van der Waals surface area contributed by atoms with E-state index in [1.807, 2.05) is 31.4 Å². The van der Waals surface area contributed by atoms with Crippen molar-refractivity contribution in [1.29, 1.82) is 0 Å². The predicted octanol–water partition coefficient (Wildman–Crippen LogP) is 4.53. The van der Waals surface area contributed by atoms with E-state index in [9.17, 15) is 4.79 Å². The number of rotatable bonds is 3. The van der Waals surface area contributed by atoms with Crippen molar-refractivity contribution in [1.82, 2.24) is 9.88 Å². The highest BCUT2D eigenvalue weighted by Gasteiger charge is 2.46. The van der Waals surface area contributed by atoms with Gasteiger partial charge in [-0.2, -0.15) is 0 Å². The van der Waals surface area contributed by atoms with E-state index in [0.29, 0.717) is 12.0 Å². The summed E-state index contributed by atoms with van der Waals surface area (Å²) in [7, 11) is 1.83. The number of piperidine rings is 1. The van der Waals surface area contributed by atoms with E-state index in [1.54, 1.807) is 0 Å². The summed E-state index contributed by atoms with van der Waals surface area (Å²) < 4.78 is 5.82. The van der Waals surface area contributed by atoms with Crippen LogP contribution in [0.1, 0.15) is 66.9 Å². The SMILES string of the molecule is CO[C@@H]1CCC[C@]12CCCN(C(=O)c1cc(C3CC3)nc3ccccc13)C2. The first-order valence-electron chi connectivity index (χ1n) is 10.4. The second-order valence-electron chi connectivity index (χ2n) is 8.70. The summed E-state index contributed by atoms with van der Waals surface area (Å²) in [5, 5.41) is 0.987. The lowest BCUT2D eigenvalue weighted by atomic mass is 9.76. The number of likely N-dealkylation sites (tertiary alicyclic amines) is 1. The van der Waals surface area contributed by atoms with Gasteiger partial charge in [-0.3, -0.25) is 9.78 Å². The van der Waals surface area contributed by atoms with Gasteiger partial charge in [0, 0.05) is 42.6 Å². The molecule has 27 heavy (non-hydrogen) atoms. The molecule has 142 valence electrons. The molecule has 0 unspecified atom stereocenters. The van der Waals surface area contributed by atoms with Crippen LogP contribution in [0.25, 0.3) is 10.9 Å². The Kier molecular flexibility index (Phi) is 4.19. The van der Waals surface area contributed by atoms with Crippen LogP contribution in [0.15, 0.2) is 30.3 Å². The number of methoxy groups -OCH3 is 1. The molecule has 1 aromatic heterocycles. The number of aromatic nitrogens is 1. The van der Waals surface area contributed by atoms with Gasteiger partial charge < -0.3 is 9.64 Å². The minimum atomic E-state index is 0.158. The fourth-order valence-corrected chi connectivity index (χ4v) is 5.41. The summed E-state index contributed by atoms with van der Waals surface area (Å²) in [5.41, 5.74) is 3.05. The molecule has 2 aromatic rings. The molecular weight excluding hydrogens is 336 g/mol. The number of benzene rings is 1. The second-order valence-corrected chi connectivity index (χ2v) is 8.70. The molecule has 4 heteroatoms. The van der Waals surface area contributed by atoms with Crippen molar-refractivity contribution in [3.8, 4) is 0 Å². The number of carbonyl (C=O) groups is 1. The maximum Gasteiger partial charge on any atom is 0.254 e. The van der Waals surface area contributed by atoms with Gasteiger partial charge in [0.25, 0.3) is 5.91 Å². The molecule has 1 aliphatic heterocycles. The maximum absolute atomic E-state index is 13.6. The van der Waals surface area contributed by atoms with E-state index in [1.165, 1.54) is 32.1 Å². The molecule has 0 N–H and O–H groups in total. The summed E-state index contributed by atoms with van der Waals surface area (Å²) in [6.45, 7) is 1.69. The number of hydrogen-bond donors (Lipinski definition) is 0. The summed E-state index contributed by atoms with van der Waals surface area (Å²) in [4.78, 5) is 20.5. The third-order valence-electron chi connectivity index (χ3n) is 6.97. The number of amides is 1. The van der Waals surface area contributed by atoms with Crippen LogP contribution in [0.3, 0.4) is 0 Å². The fraction of sp³-hybridized carbons (Fsp3) is 0.565. The van der Waals surface area contributed by atoms with Crippen molar-refractivity contribution < 1.29 is 9.53 Å². The fourth-order valence-electron chi connectivity index (χ4n) is 5.41. The van der Waals surface area contributed by atoms with E-state index in [4.69, 9.17) is 9.72 Å². The molecule has 2 aliphatic carbocycles. The van der Waals surface area contributed by atoms with Crippen LogP contribution in [0.4, 0.5) is 0 Å². The van der Waals surface area contributed by atoms with Gasteiger partial charge in [-0.05, 0) is 50.7 Å². The average Bonchev–Trinajstić information content (AvgIpc) is 3.49. The number of ether oxygens (including phenoxy) is 1. The Bertz CT molecular complexity index is 876. The van der Waals surface area contributed by atoms with E-state index in [2.05, 4.69) is 11.0 Å². The van der Waals surface area contributed by atoms with E-state index in [0.717, 1.165) is 48.1 Å². The van der Waals surface area contributed by atoms with Crippen molar-refractivity contribution in [2.75, 3.05) is 20.2 Å². The zero-order chi connectivity index (χ0) is 18.4. The largest absolute Gasteiger partial charge is 0.381 e. The summed E-state index contributed by atoms with van der Waals surface area (Å²) in [6.07, 6.45) is 8.46. The molecule has 1 amide bonds. The van der Waals surface area contributed by atoms with Gasteiger partial charge in [0.05, 0.1) is 17.2 Å². The zero-order valence-electron chi connectivity index (χ0n) is 16.1. The number of fused-ring (bicyclic) bond motifs is 1. The second kappa shape index (κ2) is 6.59.